The van der Waals surface area contributed by atoms with Crippen LogP contribution in [0.25, 0.3) is 0 Å². The maximum atomic E-state index is 12.5. The van der Waals surface area contributed by atoms with Gasteiger partial charge in [-0.25, -0.2) is 0 Å². The van der Waals surface area contributed by atoms with Gasteiger partial charge in [0, 0.05) is 0 Å². The van der Waals surface area contributed by atoms with E-state index in [1.165, 1.54) is 12.1 Å². The molecule has 0 heterocycles. The Labute approximate surface area is 129 Å². The monoisotopic (exact) mass is 329 g/mol. The Bertz CT molecular complexity index is 674. The predicted octanol–water partition coefficient (Wildman–Crippen LogP) is 4.38. The number of carbonyl (C=O) groups is 1. The molecule has 116 valence electrons. The van der Waals surface area contributed by atoms with E-state index in [1.807, 2.05) is 0 Å². The molecule has 3 nitrogen and oxygen atoms in total. The maximum Gasteiger partial charge on any atom is 0.416 e. The molecule has 0 spiro atoms. The van der Waals surface area contributed by atoms with Gasteiger partial charge < -0.3 is 10.1 Å². The van der Waals surface area contributed by atoms with Crippen LogP contribution < -0.4 is 10.1 Å². The highest BCUT2D eigenvalue weighted by Crippen LogP contribution is 2.31. The second kappa shape index (κ2) is 6.70. The van der Waals surface area contributed by atoms with Crippen LogP contribution in [0.4, 0.5) is 18.9 Å². The molecule has 0 saturated heterocycles. The van der Waals surface area contributed by atoms with Crippen molar-refractivity contribution in [2.45, 2.75) is 6.18 Å². The number of rotatable bonds is 4. The van der Waals surface area contributed by atoms with Gasteiger partial charge in [0.2, 0.25) is 0 Å². The Morgan fingerprint density at radius 1 is 1.14 bits per heavy atom. The van der Waals surface area contributed by atoms with Crippen LogP contribution in [0.2, 0.25) is 5.02 Å². The van der Waals surface area contributed by atoms with Crippen LogP contribution in [-0.2, 0) is 11.0 Å². The number of amides is 1. The van der Waals surface area contributed by atoms with Crippen molar-refractivity contribution in [2.24, 2.45) is 0 Å². The van der Waals surface area contributed by atoms with E-state index in [1.54, 1.807) is 24.3 Å². The molecule has 7 heteroatoms. The van der Waals surface area contributed by atoms with Gasteiger partial charge in [0.05, 0.1) is 16.3 Å². The van der Waals surface area contributed by atoms with E-state index in [4.69, 9.17) is 16.3 Å². The molecule has 0 fully saturated rings. The molecular weight excluding hydrogens is 319 g/mol. The molecule has 22 heavy (non-hydrogen) atoms. The average molecular weight is 330 g/mol. The van der Waals surface area contributed by atoms with Crippen molar-refractivity contribution >= 4 is 23.2 Å². The molecule has 0 atom stereocenters. The van der Waals surface area contributed by atoms with Crippen LogP contribution in [-0.4, -0.2) is 12.5 Å². The molecule has 0 bridgehead atoms. The number of hydrogen-bond acceptors (Lipinski definition) is 2. The van der Waals surface area contributed by atoms with Gasteiger partial charge in [-0.2, -0.15) is 13.2 Å². The zero-order valence-electron chi connectivity index (χ0n) is 11.2. The summed E-state index contributed by atoms with van der Waals surface area (Å²) in [5, 5.41) is 2.86. The zero-order valence-corrected chi connectivity index (χ0v) is 11.9. The Kier molecular flexibility index (Phi) is 4.92. The number of ether oxygens (including phenoxy) is 1. The van der Waals surface area contributed by atoms with Gasteiger partial charge in [0.15, 0.2) is 6.61 Å². The first-order valence-corrected chi connectivity index (χ1v) is 6.58. The van der Waals surface area contributed by atoms with E-state index in [2.05, 4.69) is 5.32 Å². The van der Waals surface area contributed by atoms with Gasteiger partial charge in [-0.1, -0.05) is 29.8 Å². The normalized spacial score (nSPS) is 11.1. The summed E-state index contributed by atoms with van der Waals surface area (Å²) < 4.78 is 42.7. The first-order valence-electron chi connectivity index (χ1n) is 6.21. The van der Waals surface area contributed by atoms with Crippen LogP contribution in [0.5, 0.6) is 5.75 Å². The summed E-state index contributed by atoms with van der Waals surface area (Å²) in [7, 11) is 0. The highest BCUT2D eigenvalue weighted by atomic mass is 35.5. The van der Waals surface area contributed by atoms with E-state index in [0.29, 0.717) is 10.7 Å². The van der Waals surface area contributed by atoms with Crippen molar-refractivity contribution < 1.29 is 22.7 Å². The summed E-state index contributed by atoms with van der Waals surface area (Å²) in [6, 6.07) is 10.9. The van der Waals surface area contributed by atoms with Crippen molar-refractivity contribution in [3.63, 3.8) is 0 Å². The van der Waals surface area contributed by atoms with Crippen LogP contribution in [0.1, 0.15) is 5.56 Å². The molecular formula is C15H11ClF3NO2. The number of anilines is 1. The van der Waals surface area contributed by atoms with Gasteiger partial charge >= 0.3 is 6.18 Å². The summed E-state index contributed by atoms with van der Waals surface area (Å²) in [4.78, 5) is 11.7. The lowest BCUT2D eigenvalue weighted by Gasteiger charge is -2.11. The summed E-state index contributed by atoms with van der Waals surface area (Å²) >= 11 is 5.88. The van der Waals surface area contributed by atoms with Gasteiger partial charge in [-0.05, 0) is 30.3 Å². The van der Waals surface area contributed by atoms with E-state index < -0.39 is 24.3 Å². The summed E-state index contributed by atoms with van der Waals surface area (Å²) in [6.45, 7) is -0.424. The van der Waals surface area contributed by atoms with Crippen LogP contribution >= 0.6 is 11.6 Å². The second-order valence-corrected chi connectivity index (χ2v) is 4.75. The largest absolute Gasteiger partial charge is 0.484 e. The molecule has 0 aromatic heterocycles. The molecule has 2 aromatic rings. The highest BCUT2D eigenvalue weighted by Gasteiger charge is 2.30. The number of hydrogen-bond donors (Lipinski definition) is 1. The van der Waals surface area contributed by atoms with Crippen molar-refractivity contribution in [1.29, 1.82) is 0 Å². The number of benzene rings is 2. The van der Waals surface area contributed by atoms with E-state index in [-0.39, 0.29) is 5.75 Å². The molecule has 0 aliphatic heterocycles. The highest BCUT2D eigenvalue weighted by molar-refractivity contribution is 6.33. The molecule has 0 unspecified atom stereocenters. The average Bonchev–Trinajstić information content (AvgIpc) is 2.47. The second-order valence-electron chi connectivity index (χ2n) is 4.34. The van der Waals surface area contributed by atoms with E-state index >= 15 is 0 Å². The summed E-state index contributed by atoms with van der Waals surface area (Å²) in [5.41, 5.74) is -0.432. The number of halogens is 4. The smallest absolute Gasteiger partial charge is 0.416 e. The molecule has 1 N–H and O–H groups in total. The fourth-order valence-corrected chi connectivity index (χ4v) is 1.84. The quantitative estimate of drug-likeness (QED) is 0.904. The molecule has 0 aliphatic rings. The minimum Gasteiger partial charge on any atom is -0.484 e. The standard InChI is InChI=1S/C15H11ClF3NO2/c16-12-6-1-2-7-13(12)20-14(21)9-22-11-5-3-4-10(8-11)15(17,18)19/h1-8H,9H2,(H,20,21). The third-order valence-electron chi connectivity index (χ3n) is 2.68. The van der Waals surface area contributed by atoms with Crippen molar-refractivity contribution in [3.8, 4) is 5.75 Å². The fourth-order valence-electron chi connectivity index (χ4n) is 1.66. The zero-order chi connectivity index (χ0) is 16.2. The number of nitrogens with one attached hydrogen (secondary N) is 1. The van der Waals surface area contributed by atoms with E-state index in [0.717, 1.165) is 12.1 Å². The first kappa shape index (κ1) is 16.2. The van der Waals surface area contributed by atoms with Crippen LogP contribution in [0.15, 0.2) is 48.5 Å². The molecule has 2 aromatic carbocycles. The third-order valence-corrected chi connectivity index (χ3v) is 3.01. The van der Waals surface area contributed by atoms with Gasteiger partial charge in [0.25, 0.3) is 5.91 Å². The Hall–Kier alpha value is -2.21. The first-order chi connectivity index (χ1) is 10.4. The lowest BCUT2D eigenvalue weighted by atomic mass is 10.2. The lowest BCUT2D eigenvalue weighted by molar-refractivity contribution is -0.137. The molecule has 1 amide bonds. The third kappa shape index (κ3) is 4.39. The van der Waals surface area contributed by atoms with Gasteiger partial charge in [0.1, 0.15) is 5.75 Å². The summed E-state index contributed by atoms with van der Waals surface area (Å²) in [5.74, 6) is -0.561. The van der Waals surface area contributed by atoms with Crippen molar-refractivity contribution in [3.05, 3.63) is 59.1 Å². The molecule has 0 saturated carbocycles. The van der Waals surface area contributed by atoms with Crippen molar-refractivity contribution in [1.82, 2.24) is 0 Å². The number of carbonyl (C=O) groups excluding carboxylic acids is 1. The Morgan fingerprint density at radius 3 is 2.55 bits per heavy atom. The molecule has 0 aliphatic carbocycles. The number of para-hydroxylation sites is 1. The maximum absolute atomic E-state index is 12.5. The predicted molar refractivity (Wildman–Crippen MR) is 77.0 cm³/mol. The van der Waals surface area contributed by atoms with Crippen LogP contribution in [0, 0.1) is 0 Å². The van der Waals surface area contributed by atoms with E-state index in [9.17, 15) is 18.0 Å². The number of alkyl halides is 3. The van der Waals surface area contributed by atoms with Gasteiger partial charge in [-0.15, -0.1) is 0 Å². The molecule has 2 rings (SSSR count). The topological polar surface area (TPSA) is 38.3 Å². The van der Waals surface area contributed by atoms with Crippen LogP contribution in [0.3, 0.4) is 0 Å². The fraction of sp³-hybridized carbons (Fsp3) is 0.133. The van der Waals surface area contributed by atoms with Crippen molar-refractivity contribution in [2.75, 3.05) is 11.9 Å². The van der Waals surface area contributed by atoms with Gasteiger partial charge in [-0.3, -0.25) is 4.79 Å². The SMILES string of the molecule is O=C(COc1cccc(C(F)(F)F)c1)Nc1ccccc1Cl. The molecule has 0 radical (unpaired) electrons. The minimum absolute atomic E-state index is 0.0378. The Balaban J connectivity index is 1.96. The minimum atomic E-state index is -4.46. The lowest BCUT2D eigenvalue weighted by Crippen LogP contribution is -2.20. The Morgan fingerprint density at radius 2 is 1.86 bits per heavy atom. The summed E-state index contributed by atoms with van der Waals surface area (Å²) in [6.07, 6.45) is -4.46.